The fourth-order valence-corrected chi connectivity index (χ4v) is 2.60. The molecule has 0 atom stereocenters. The van der Waals surface area contributed by atoms with E-state index in [9.17, 15) is 9.59 Å². The van der Waals surface area contributed by atoms with Crippen LogP contribution in [-0.2, 0) is 13.0 Å². The van der Waals surface area contributed by atoms with Crippen LogP contribution in [0.5, 0.6) is 5.75 Å². The highest BCUT2D eigenvalue weighted by Crippen LogP contribution is 2.22. The van der Waals surface area contributed by atoms with Crippen LogP contribution in [0.1, 0.15) is 23.9 Å². The van der Waals surface area contributed by atoms with Gasteiger partial charge in [-0.2, -0.15) is 0 Å². The van der Waals surface area contributed by atoms with E-state index in [1.807, 2.05) is 38.1 Å². The lowest BCUT2D eigenvalue weighted by atomic mass is 10.1. The number of ether oxygens (including phenoxy) is 1. The maximum atomic E-state index is 11.9. The van der Waals surface area contributed by atoms with Crippen molar-refractivity contribution in [3.8, 4) is 17.0 Å². The van der Waals surface area contributed by atoms with E-state index in [-0.39, 0.29) is 12.1 Å². The lowest BCUT2D eigenvalue weighted by Crippen LogP contribution is -2.26. The molecule has 138 valence electrons. The normalized spacial score (nSPS) is 10.4. The van der Waals surface area contributed by atoms with Crippen molar-refractivity contribution in [2.75, 3.05) is 0 Å². The summed E-state index contributed by atoms with van der Waals surface area (Å²) >= 11 is 0. The van der Waals surface area contributed by atoms with Crippen LogP contribution < -0.4 is 15.6 Å². The molecule has 0 unspecified atom stereocenters. The summed E-state index contributed by atoms with van der Waals surface area (Å²) in [5.74, 6) is 0.329. The predicted octanol–water partition coefficient (Wildman–Crippen LogP) is 2.99. The molecule has 3 rings (SSSR count). The summed E-state index contributed by atoms with van der Waals surface area (Å²) in [6.07, 6.45) is 3.20. The average Bonchev–Trinajstić information content (AvgIpc) is 2.68. The Kier molecular flexibility index (Phi) is 5.61. The van der Waals surface area contributed by atoms with Gasteiger partial charge >= 0.3 is 6.09 Å². The number of carbonyl (C=O) groups excluding carboxylic acids is 1. The van der Waals surface area contributed by atoms with Gasteiger partial charge in [-0.05, 0) is 43.7 Å². The number of hydrogen-bond donors (Lipinski definition) is 2. The number of hydrogen-bond acceptors (Lipinski definition) is 5. The summed E-state index contributed by atoms with van der Waals surface area (Å²) in [7, 11) is 0. The van der Waals surface area contributed by atoms with Gasteiger partial charge in [0, 0.05) is 23.0 Å². The molecular weight excluding hydrogens is 344 g/mol. The maximum absolute atomic E-state index is 11.9. The molecule has 0 aliphatic heterocycles. The van der Waals surface area contributed by atoms with E-state index in [4.69, 9.17) is 4.74 Å². The molecule has 3 heterocycles. The molecule has 0 bridgehead atoms. The van der Waals surface area contributed by atoms with Gasteiger partial charge in [-0.25, -0.2) is 4.79 Å². The Morgan fingerprint density at radius 3 is 2.74 bits per heavy atom. The largest absolute Gasteiger partial charge is 0.412 e. The van der Waals surface area contributed by atoms with Crippen molar-refractivity contribution in [1.29, 1.82) is 0 Å². The van der Waals surface area contributed by atoms with E-state index in [0.29, 0.717) is 23.4 Å². The van der Waals surface area contributed by atoms with Gasteiger partial charge in [0.25, 0.3) is 5.56 Å². The summed E-state index contributed by atoms with van der Waals surface area (Å²) in [5, 5.41) is 2.63. The lowest BCUT2D eigenvalue weighted by Gasteiger charge is -2.09. The van der Waals surface area contributed by atoms with Gasteiger partial charge < -0.3 is 15.0 Å². The molecule has 3 aromatic heterocycles. The van der Waals surface area contributed by atoms with Gasteiger partial charge in [0.2, 0.25) is 0 Å². The summed E-state index contributed by atoms with van der Waals surface area (Å²) in [6.45, 7) is 4.03. The molecule has 2 N–H and O–H groups in total. The fourth-order valence-electron chi connectivity index (χ4n) is 2.60. The SMILES string of the molecule is CCc1cc(-c2ccc(OC(=O)NCc3ccccn3)cn2)c(C)[nH]c1=O. The predicted molar refractivity (Wildman–Crippen MR) is 102 cm³/mol. The van der Waals surface area contributed by atoms with Gasteiger partial charge in [0.1, 0.15) is 0 Å². The highest BCUT2D eigenvalue weighted by Gasteiger charge is 2.10. The number of carbonyl (C=O) groups is 1. The van der Waals surface area contributed by atoms with Crippen molar-refractivity contribution in [1.82, 2.24) is 20.3 Å². The molecule has 0 aliphatic carbocycles. The number of pyridine rings is 3. The first kappa shape index (κ1) is 18.3. The number of aryl methyl sites for hydroxylation is 2. The Morgan fingerprint density at radius 1 is 1.22 bits per heavy atom. The van der Waals surface area contributed by atoms with Crippen LogP contribution in [0.2, 0.25) is 0 Å². The Hall–Kier alpha value is -3.48. The van der Waals surface area contributed by atoms with Crippen LogP contribution in [0.3, 0.4) is 0 Å². The zero-order valence-electron chi connectivity index (χ0n) is 15.2. The van der Waals surface area contributed by atoms with Gasteiger partial charge in [-0.1, -0.05) is 13.0 Å². The minimum Gasteiger partial charge on any atom is -0.409 e. The molecule has 0 aromatic carbocycles. The summed E-state index contributed by atoms with van der Waals surface area (Å²) in [5.41, 5.74) is 3.64. The molecule has 3 aromatic rings. The highest BCUT2D eigenvalue weighted by molar-refractivity contribution is 5.70. The maximum Gasteiger partial charge on any atom is 0.412 e. The highest BCUT2D eigenvalue weighted by atomic mass is 16.6. The Labute approximate surface area is 156 Å². The Bertz CT molecular complexity index is 982. The molecule has 0 spiro atoms. The van der Waals surface area contributed by atoms with Crippen molar-refractivity contribution in [3.63, 3.8) is 0 Å². The second-order valence-electron chi connectivity index (χ2n) is 5.96. The van der Waals surface area contributed by atoms with E-state index >= 15 is 0 Å². The van der Waals surface area contributed by atoms with Gasteiger partial charge in [0.15, 0.2) is 5.75 Å². The molecule has 1 amide bonds. The smallest absolute Gasteiger partial charge is 0.409 e. The molecule has 0 radical (unpaired) electrons. The zero-order valence-corrected chi connectivity index (χ0v) is 15.2. The standard InChI is InChI=1S/C20H20N4O3/c1-3-14-10-17(13(2)24-19(14)25)18-8-7-16(12-22-18)27-20(26)23-11-15-6-4-5-9-21-15/h4-10,12H,3,11H2,1-2H3,(H,23,26)(H,24,25). The molecule has 7 nitrogen and oxygen atoms in total. The number of H-pyrrole nitrogens is 1. The van der Waals surface area contributed by atoms with Gasteiger partial charge in [-0.3, -0.25) is 14.8 Å². The van der Waals surface area contributed by atoms with E-state index in [1.165, 1.54) is 6.20 Å². The summed E-state index contributed by atoms with van der Waals surface area (Å²) in [4.78, 5) is 35.0. The van der Waals surface area contributed by atoms with Crippen LogP contribution in [0.15, 0.2) is 53.6 Å². The number of nitrogens with one attached hydrogen (secondary N) is 2. The third-order valence-electron chi connectivity index (χ3n) is 4.06. The lowest BCUT2D eigenvalue weighted by molar-refractivity contribution is 0.199. The van der Waals surface area contributed by atoms with E-state index in [0.717, 1.165) is 17.0 Å². The number of rotatable bonds is 5. The molecule has 0 saturated heterocycles. The third kappa shape index (κ3) is 4.58. The molecular formula is C20H20N4O3. The molecule has 0 fully saturated rings. The molecule has 27 heavy (non-hydrogen) atoms. The van der Waals surface area contributed by atoms with Crippen LogP contribution in [0.4, 0.5) is 4.79 Å². The summed E-state index contributed by atoms with van der Waals surface area (Å²) < 4.78 is 5.22. The number of aromatic amines is 1. The van der Waals surface area contributed by atoms with Crippen molar-refractivity contribution < 1.29 is 9.53 Å². The second-order valence-corrected chi connectivity index (χ2v) is 5.96. The van der Waals surface area contributed by atoms with Crippen LogP contribution in [0, 0.1) is 6.92 Å². The van der Waals surface area contributed by atoms with Crippen molar-refractivity contribution in [2.24, 2.45) is 0 Å². The molecule has 7 heteroatoms. The first-order valence-corrected chi connectivity index (χ1v) is 8.61. The minimum absolute atomic E-state index is 0.0803. The first-order valence-electron chi connectivity index (χ1n) is 8.61. The monoisotopic (exact) mass is 364 g/mol. The van der Waals surface area contributed by atoms with E-state index in [1.54, 1.807) is 18.3 Å². The van der Waals surface area contributed by atoms with Crippen LogP contribution >= 0.6 is 0 Å². The van der Waals surface area contributed by atoms with E-state index in [2.05, 4.69) is 20.3 Å². The number of aromatic nitrogens is 3. The van der Waals surface area contributed by atoms with Crippen LogP contribution in [-0.4, -0.2) is 21.0 Å². The summed E-state index contributed by atoms with van der Waals surface area (Å²) in [6, 6.07) is 10.7. The first-order chi connectivity index (χ1) is 13.1. The minimum atomic E-state index is -0.580. The third-order valence-corrected chi connectivity index (χ3v) is 4.06. The van der Waals surface area contributed by atoms with Gasteiger partial charge in [0.05, 0.1) is 24.1 Å². The topological polar surface area (TPSA) is 97.0 Å². The number of nitrogens with zero attached hydrogens (tertiary/aromatic N) is 2. The van der Waals surface area contributed by atoms with E-state index < -0.39 is 6.09 Å². The van der Waals surface area contributed by atoms with Crippen molar-refractivity contribution in [3.05, 3.63) is 76.1 Å². The Morgan fingerprint density at radius 2 is 2.07 bits per heavy atom. The number of amides is 1. The second kappa shape index (κ2) is 8.27. The van der Waals surface area contributed by atoms with Crippen molar-refractivity contribution >= 4 is 6.09 Å². The molecule has 0 saturated carbocycles. The zero-order chi connectivity index (χ0) is 19.2. The average molecular weight is 364 g/mol. The molecule has 0 aliphatic rings. The Balaban J connectivity index is 1.67. The van der Waals surface area contributed by atoms with Crippen molar-refractivity contribution in [2.45, 2.75) is 26.8 Å². The fraction of sp³-hybridized carbons (Fsp3) is 0.200. The quantitative estimate of drug-likeness (QED) is 0.725. The van der Waals surface area contributed by atoms with Gasteiger partial charge in [-0.15, -0.1) is 0 Å². The van der Waals surface area contributed by atoms with Crippen LogP contribution in [0.25, 0.3) is 11.3 Å².